The molecule has 1 nitrogen and oxygen atoms in total. The van der Waals surface area contributed by atoms with Crippen molar-refractivity contribution in [3.05, 3.63) is 48.0 Å². The van der Waals surface area contributed by atoms with Crippen LogP contribution in [0.2, 0.25) is 0 Å². The van der Waals surface area contributed by atoms with Crippen LogP contribution in [0.25, 0.3) is 0 Å². The van der Waals surface area contributed by atoms with Crippen molar-refractivity contribution in [2.45, 2.75) is 33.2 Å². The Hall–Kier alpha value is -1.52. The summed E-state index contributed by atoms with van der Waals surface area (Å²) in [4.78, 5) is 2.37. The fourth-order valence-corrected chi connectivity index (χ4v) is 2.01. The van der Waals surface area contributed by atoms with E-state index >= 15 is 0 Å². The van der Waals surface area contributed by atoms with E-state index in [-0.39, 0.29) is 6.04 Å². The molecule has 1 unspecified atom stereocenters. The molecule has 0 bridgehead atoms. The average molecular weight is 241 g/mol. The lowest BCUT2D eigenvalue weighted by atomic mass is 10.1. The Labute approximate surface area is 112 Å². The Morgan fingerprint density at radius 2 is 2.06 bits per heavy atom. The van der Waals surface area contributed by atoms with Crippen LogP contribution in [-0.2, 0) is 0 Å². The summed E-state index contributed by atoms with van der Waals surface area (Å²) in [5, 5.41) is 0. The minimum Gasteiger partial charge on any atom is -0.290 e. The van der Waals surface area contributed by atoms with E-state index in [2.05, 4.69) is 68.4 Å². The maximum Gasteiger partial charge on any atom is 0.0752 e. The lowest BCUT2D eigenvalue weighted by molar-refractivity contribution is 0.262. The molecule has 1 aromatic rings. The summed E-state index contributed by atoms with van der Waals surface area (Å²) in [5.74, 6) is 6.65. The predicted molar refractivity (Wildman–Crippen MR) is 79.6 cm³/mol. The van der Waals surface area contributed by atoms with Crippen LogP contribution in [0, 0.1) is 18.8 Å². The molecule has 0 amide bonds. The van der Waals surface area contributed by atoms with E-state index in [4.69, 9.17) is 0 Å². The summed E-state index contributed by atoms with van der Waals surface area (Å²) in [7, 11) is 0. The minimum absolute atomic E-state index is 0.276. The van der Waals surface area contributed by atoms with Gasteiger partial charge in [-0.2, -0.15) is 0 Å². The lowest BCUT2D eigenvalue weighted by Gasteiger charge is -2.24. The molecule has 1 aromatic carbocycles. The molecule has 0 aromatic heterocycles. The Morgan fingerprint density at radius 1 is 1.33 bits per heavy atom. The second kappa shape index (κ2) is 7.74. The number of hydrogen-bond acceptors (Lipinski definition) is 1. The van der Waals surface area contributed by atoms with Crippen molar-refractivity contribution in [3.8, 4) is 11.8 Å². The lowest BCUT2D eigenvalue weighted by Crippen LogP contribution is -2.33. The molecule has 0 saturated heterocycles. The van der Waals surface area contributed by atoms with Crippen LogP contribution in [0.15, 0.2) is 36.9 Å². The highest BCUT2D eigenvalue weighted by Gasteiger charge is 2.10. The molecule has 0 radical (unpaired) electrons. The molecule has 1 heteroatoms. The first-order valence-corrected chi connectivity index (χ1v) is 6.64. The van der Waals surface area contributed by atoms with Gasteiger partial charge in [0.1, 0.15) is 0 Å². The van der Waals surface area contributed by atoms with E-state index in [1.165, 1.54) is 5.56 Å². The SMILES string of the molecule is C=CCC(C#Cc1cccc(C)c1)N(CC)CC. The van der Waals surface area contributed by atoms with Crippen LogP contribution >= 0.6 is 0 Å². The molecule has 0 saturated carbocycles. The van der Waals surface area contributed by atoms with Gasteiger partial charge >= 0.3 is 0 Å². The van der Waals surface area contributed by atoms with Gasteiger partial charge in [-0.1, -0.05) is 43.9 Å². The molecule has 0 aliphatic heterocycles. The molecule has 0 spiro atoms. The second-order valence-corrected chi connectivity index (χ2v) is 4.40. The molecule has 1 atom stereocenters. The van der Waals surface area contributed by atoms with E-state index in [0.717, 1.165) is 25.1 Å². The first-order valence-electron chi connectivity index (χ1n) is 6.64. The summed E-state index contributed by atoms with van der Waals surface area (Å²) in [5.41, 5.74) is 2.35. The van der Waals surface area contributed by atoms with Crippen molar-refractivity contribution in [2.24, 2.45) is 0 Å². The molecule has 0 aliphatic rings. The third-order valence-electron chi connectivity index (χ3n) is 3.04. The first-order chi connectivity index (χ1) is 8.71. The van der Waals surface area contributed by atoms with Gasteiger partial charge in [0.15, 0.2) is 0 Å². The second-order valence-electron chi connectivity index (χ2n) is 4.40. The summed E-state index contributed by atoms with van der Waals surface area (Å²) in [6, 6.07) is 8.61. The quantitative estimate of drug-likeness (QED) is 0.562. The molecular weight excluding hydrogens is 218 g/mol. The van der Waals surface area contributed by atoms with Crippen LogP contribution < -0.4 is 0 Å². The molecule has 0 aliphatic carbocycles. The number of aryl methyl sites for hydroxylation is 1. The van der Waals surface area contributed by atoms with Crippen molar-refractivity contribution in [1.82, 2.24) is 4.90 Å². The molecule has 1 rings (SSSR count). The fourth-order valence-electron chi connectivity index (χ4n) is 2.01. The monoisotopic (exact) mass is 241 g/mol. The zero-order valence-corrected chi connectivity index (χ0v) is 11.7. The minimum atomic E-state index is 0.276. The molecule has 0 N–H and O–H groups in total. The van der Waals surface area contributed by atoms with Crippen LogP contribution in [0.4, 0.5) is 0 Å². The van der Waals surface area contributed by atoms with Gasteiger partial charge < -0.3 is 0 Å². The maximum atomic E-state index is 3.83. The Kier molecular flexibility index (Phi) is 6.25. The standard InChI is InChI=1S/C17H23N/c1-5-9-17(18(6-2)7-3)13-12-16-11-8-10-15(4)14-16/h5,8,10-11,14,17H,1,6-7,9H2,2-4H3. The fraction of sp³-hybridized carbons (Fsp3) is 0.412. The summed E-state index contributed by atoms with van der Waals surface area (Å²) >= 11 is 0. The van der Waals surface area contributed by atoms with Crippen molar-refractivity contribution in [1.29, 1.82) is 0 Å². The van der Waals surface area contributed by atoms with Crippen molar-refractivity contribution in [2.75, 3.05) is 13.1 Å². The largest absolute Gasteiger partial charge is 0.290 e. The number of benzene rings is 1. The van der Waals surface area contributed by atoms with Crippen LogP contribution in [0.5, 0.6) is 0 Å². The van der Waals surface area contributed by atoms with Crippen LogP contribution in [0.1, 0.15) is 31.4 Å². The summed E-state index contributed by atoms with van der Waals surface area (Å²) in [6.07, 6.45) is 2.87. The molecule has 18 heavy (non-hydrogen) atoms. The van der Waals surface area contributed by atoms with Crippen molar-refractivity contribution >= 4 is 0 Å². The molecule has 0 fully saturated rings. The van der Waals surface area contributed by atoms with E-state index in [9.17, 15) is 0 Å². The van der Waals surface area contributed by atoms with Gasteiger partial charge in [0, 0.05) is 5.56 Å². The van der Waals surface area contributed by atoms with Gasteiger partial charge in [0.05, 0.1) is 6.04 Å². The molecular formula is C17H23N. The Morgan fingerprint density at radius 3 is 2.61 bits per heavy atom. The van der Waals surface area contributed by atoms with Gasteiger partial charge in [0.25, 0.3) is 0 Å². The van der Waals surface area contributed by atoms with Crippen molar-refractivity contribution in [3.63, 3.8) is 0 Å². The van der Waals surface area contributed by atoms with Gasteiger partial charge in [-0.05, 0) is 44.1 Å². The van der Waals surface area contributed by atoms with E-state index in [1.807, 2.05) is 6.08 Å². The van der Waals surface area contributed by atoms with Crippen LogP contribution in [0.3, 0.4) is 0 Å². The highest BCUT2D eigenvalue weighted by Crippen LogP contribution is 2.06. The zero-order valence-electron chi connectivity index (χ0n) is 11.7. The normalized spacial score (nSPS) is 11.8. The van der Waals surface area contributed by atoms with Gasteiger partial charge in [-0.3, -0.25) is 4.90 Å². The summed E-state index contributed by atoms with van der Waals surface area (Å²) < 4.78 is 0. The molecule has 96 valence electrons. The smallest absolute Gasteiger partial charge is 0.0752 e. The highest BCUT2D eigenvalue weighted by molar-refractivity contribution is 5.37. The number of nitrogens with zero attached hydrogens (tertiary/aromatic N) is 1. The predicted octanol–water partition coefficient (Wildman–Crippen LogP) is 3.63. The Balaban J connectivity index is 2.86. The summed E-state index contributed by atoms with van der Waals surface area (Å²) in [6.45, 7) is 12.3. The van der Waals surface area contributed by atoms with E-state index in [0.29, 0.717) is 0 Å². The van der Waals surface area contributed by atoms with E-state index < -0.39 is 0 Å². The highest BCUT2D eigenvalue weighted by atomic mass is 15.1. The van der Waals surface area contributed by atoms with Gasteiger partial charge in [-0.15, -0.1) is 6.58 Å². The number of hydrogen-bond donors (Lipinski definition) is 0. The molecule has 0 heterocycles. The van der Waals surface area contributed by atoms with Crippen LogP contribution in [-0.4, -0.2) is 24.0 Å². The maximum absolute atomic E-state index is 3.83. The zero-order chi connectivity index (χ0) is 13.4. The number of rotatable bonds is 5. The van der Waals surface area contributed by atoms with Crippen molar-refractivity contribution < 1.29 is 0 Å². The average Bonchev–Trinajstić information content (AvgIpc) is 2.37. The Bertz CT molecular complexity index is 432. The first kappa shape index (κ1) is 14.5. The van der Waals surface area contributed by atoms with Gasteiger partial charge in [0.2, 0.25) is 0 Å². The third kappa shape index (κ3) is 4.39. The van der Waals surface area contributed by atoms with Gasteiger partial charge in [-0.25, -0.2) is 0 Å². The van der Waals surface area contributed by atoms with E-state index in [1.54, 1.807) is 0 Å². The third-order valence-corrected chi connectivity index (χ3v) is 3.04. The topological polar surface area (TPSA) is 3.24 Å².